The molecule has 2 aromatic carbocycles. The third-order valence-corrected chi connectivity index (χ3v) is 3.62. The summed E-state index contributed by atoms with van der Waals surface area (Å²) in [5.41, 5.74) is 2.53. The second-order valence-corrected chi connectivity index (χ2v) is 5.30. The molecule has 0 saturated heterocycles. The molecule has 0 bridgehead atoms. The maximum absolute atomic E-state index is 6.10. The lowest BCUT2D eigenvalue weighted by molar-refractivity contribution is 0.414. The van der Waals surface area contributed by atoms with Crippen LogP contribution in [0.2, 0.25) is 5.02 Å². The molecule has 2 aromatic rings. The zero-order valence-electron chi connectivity index (χ0n) is 11.9. The van der Waals surface area contributed by atoms with Crippen molar-refractivity contribution in [2.45, 2.75) is 12.3 Å². The second kappa shape index (κ2) is 7.32. The van der Waals surface area contributed by atoms with E-state index in [0.29, 0.717) is 5.92 Å². The molecular formula is C17H20ClNO. The van der Waals surface area contributed by atoms with Crippen molar-refractivity contribution in [2.75, 3.05) is 20.7 Å². The number of likely N-dealkylation sites (N-methyl/N-ethyl adjacent to an activating group) is 1. The molecule has 3 heteroatoms. The maximum atomic E-state index is 6.10. The fraction of sp³-hybridized carbons (Fsp3) is 0.294. The lowest BCUT2D eigenvalue weighted by Crippen LogP contribution is -2.19. The van der Waals surface area contributed by atoms with E-state index in [1.165, 1.54) is 11.1 Å². The molecule has 0 radical (unpaired) electrons. The highest BCUT2D eigenvalue weighted by molar-refractivity contribution is 6.30. The minimum absolute atomic E-state index is 0.394. The van der Waals surface area contributed by atoms with Crippen molar-refractivity contribution in [1.82, 2.24) is 5.32 Å². The molecule has 0 fully saturated rings. The first-order valence-electron chi connectivity index (χ1n) is 6.76. The van der Waals surface area contributed by atoms with Crippen LogP contribution in [0.1, 0.15) is 17.0 Å². The number of ether oxygens (including phenoxy) is 1. The van der Waals surface area contributed by atoms with E-state index in [2.05, 4.69) is 23.5 Å². The summed E-state index contributed by atoms with van der Waals surface area (Å²) in [7, 11) is 3.67. The predicted octanol–water partition coefficient (Wildman–Crippen LogP) is 3.89. The highest BCUT2D eigenvalue weighted by atomic mass is 35.5. The standard InChI is InChI=1S/C17H20ClNO/c1-19-12-15(14-6-4-7-16(18)11-14)9-13-5-3-8-17(10-13)20-2/h3-8,10-11,15,19H,9,12H2,1-2H3. The van der Waals surface area contributed by atoms with Crippen LogP contribution in [0.5, 0.6) is 5.75 Å². The van der Waals surface area contributed by atoms with Gasteiger partial charge in [0.05, 0.1) is 7.11 Å². The minimum Gasteiger partial charge on any atom is -0.497 e. The van der Waals surface area contributed by atoms with E-state index in [9.17, 15) is 0 Å². The fourth-order valence-corrected chi connectivity index (χ4v) is 2.60. The van der Waals surface area contributed by atoms with Crippen LogP contribution in [0.15, 0.2) is 48.5 Å². The van der Waals surface area contributed by atoms with Crippen molar-refractivity contribution in [2.24, 2.45) is 0 Å². The van der Waals surface area contributed by atoms with Crippen LogP contribution in [-0.2, 0) is 6.42 Å². The third-order valence-electron chi connectivity index (χ3n) is 3.39. The van der Waals surface area contributed by atoms with E-state index in [4.69, 9.17) is 16.3 Å². The molecule has 2 nitrogen and oxygen atoms in total. The third kappa shape index (κ3) is 3.99. The number of halogens is 1. The summed E-state index contributed by atoms with van der Waals surface area (Å²) in [4.78, 5) is 0. The molecule has 0 aliphatic carbocycles. The van der Waals surface area contributed by atoms with Crippen LogP contribution >= 0.6 is 11.6 Å². The number of benzene rings is 2. The van der Waals surface area contributed by atoms with E-state index >= 15 is 0 Å². The minimum atomic E-state index is 0.394. The molecule has 1 unspecified atom stereocenters. The van der Waals surface area contributed by atoms with E-state index in [-0.39, 0.29) is 0 Å². The highest BCUT2D eigenvalue weighted by Crippen LogP contribution is 2.24. The lowest BCUT2D eigenvalue weighted by atomic mass is 9.92. The summed E-state index contributed by atoms with van der Waals surface area (Å²) in [5, 5.41) is 4.05. The Hall–Kier alpha value is -1.51. The summed E-state index contributed by atoms with van der Waals surface area (Å²) in [6, 6.07) is 16.3. The average Bonchev–Trinajstić information content (AvgIpc) is 2.47. The summed E-state index contributed by atoms with van der Waals surface area (Å²) in [6.45, 7) is 0.914. The van der Waals surface area contributed by atoms with Crippen molar-refractivity contribution in [1.29, 1.82) is 0 Å². The summed E-state index contributed by atoms with van der Waals surface area (Å²) < 4.78 is 5.28. The van der Waals surface area contributed by atoms with Gasteiger partial charge in [-0.1, -0.05) is 35.9 Å². The van der Waals surface area contributed by atoms with Crippen LogP contribution in [0.3, 0.4) is 0 Å². The Morgan fingerprint density at radius 1 is 1.15 bits per heavy atom. The van der Waals surface area contributed by atoms with Gasteiger partial charge in [0.15, 0.2) is 0 Å². The van der Waals surface area contributed by atoms with Gasteiger partial charge in [0, 0.05) is 17.5 Å². The number of methoxy groups -OCH3 is 1. The van der Waals surface area contributed by atoms with Gasteiger partial charge in [-0.2, -0.15) is 0 Å². The van der Waals surface area contributed by atoms with Crippen LogP contribution in [-0.4, -0.2) is 20.7 Å². The topological polar surface area (TPSA) is 21.3 Å². The van der Waals surface area contributed by atoms with Crippen LogP contribution in [0, 0.1) is 0 Å². The molecule has 106 valence electrons. The van der Waals surface area contributed by atoms with E-state index in [0.717, 1.165) is 23.7 Å². The molecule has 1 atom stereocenters. The van der Waals surface area contributed by atoms with Crippen molar-refractivity contribution in [3.05, 3.63) is 64.7 Å². The summed E-state index contributed by atoms with van der Waals surface area (Å²) >= 11 is 6.10. The molecule has 2 rings (SSSR count). The first-order chi connectivity index (χ1) is 9.72. The van der Waals surface area contributed by atoms with Crippen molar-refractivity contribution in [3.8, 4) is 5.75 Å². The van der Waals surface area contributed by atoms with Crippen molar-refractivity contribution in [3.63, 3.8) is 0 Å². The molecule has 0 saturated carbocycles. The van der Waals surface area contributed by atoms with Crippen LogP contribution in [0.25, 0.3) is 0 Å². The van der Waals surface area contributed by atoms with Gasteiger partial charge in [0.1, 0.15) is 5.75 Å². The Morgan fingerprint density at radius 2 is 1.95 bits per heavy atom. The number of hydrogen-bond acceptors (Lipinski definition) is 2. The number of nitrogens with one attached hydrogen (secondary N) is 1. The molecule has 1 N–H and O–H groups in total. The number of hydrogen-bond donors (Lipinski definition) is 1. The zero-order chi connectivity index (χ0) is 14.4. The van der Waals surface area contributed by atoms with Gasteiger partial charge >= 0.3 is 0 Å². The summed E-state index contributed by atoms with van der Waals surface area (Å²) in [6.07, 6.45) is 0.957. The highest BCUT2D eigenvalue weighted by Gasteiger charge is 2.12. The fourth-order valence-electron chi connectivity index (χ4n) is 2.40. The number of rotatable bonds is 6. The van der Waals surface area contributed by atoms with E-state index in [1.807, 2.05) is 37.4 Å². The Kier molecular flexibility index (Phi) is 5.45. The molecule has 0 spiro atoms. The zero-order valence-corrected chi connectivity index (χ0v) is 12.7. The molecule has 0 aromatic heterocycles. The van der Waals surface area contributed by atoms with Gasteiger partial charge in [-0.15, -0.1) is 0 Å². The van der Waals surface area contributed by atoms with Crippen molar-refractivity contribution >= 4 is 11.6 Å². The maximum Gasteiger partial charge on any atom is 0.119 e. The Morgan fingerprint density at radius 3 is 2.65 bits per heavy atom. The van der Waals surface area contributed by atoms with Gasteiger partial charge < -0.3 is 10.1 Å². The molecule has 0 heterocycles. The molecule has 0 amide bonds. The first kappa shape index (κ1) is 14.9. The van der Waals surface area contributed by atoms with Gasteiger partial charge in [-0.05, 0) is 48.9 Å². The quantitative estimate of drug-likeness (QED) is 0.871. The van der Waals surface area contributed by atoms with Gasteiger partial charge in [-0.3, -0.25) is 0 Å². The predicted molar refractivity (Wildman–Crippen MR) is 84.8 cm³/mol. The Labute approximate surface area is 125 Å². The van der Waals surface area contributed by atoms with Crippen molar-refractivity contribution < 1.29 is 4.74 Å². The molecular weight excluding hydrogens is 270 g/mol. The normalized spacial score (nSPS) is 12.2. The van der Waals surface area contributed by atoms with Crippen LogP contribution < -0.4 is 10.1 Å². The van der Waals surface area contributed by atoms with Gasteiger partial charge in [-0.25, -0.2) is 0 Å². The SMILES string of the molecule is CNCC(Cc1cccc(OC)c1)c1cccc(Cl)c1. The lowest BCUT2D eigenvalue weighted by Gasteiger charge is -2.18. The second-order valence-electron chi connectivity index (χ2n) is 4.87. The Bertz CT molecular complexity index is 556. The first-order valence-corrected chi connectivity index (χ1v) is 7.13. The van der Waals surface area contributed by atoms with Crippen LogP contribution in [0.4, 0.5) is 0 Å². The van der Waals surface area contributed by atoms with Gasteiger partial charge in [0.25, 0.3) is 0 Å². The largest absolute Gasteiger partial charge is 0.497 e. The average molecular weight is 290 g/mol. The van der Waals surface area contributed by atoms with E-state index in [1.54, 1.807) is 7.11 Å². The molecule has 0 aliphatic rings. The van der Waals surface area contributed by atoms with E-state index < -0.39 is 0 Å². The monoisotopic (exact) mass is 289 g/mol. The molecule has 20 heavy (non-hydrogen) atoms. The molecule has 0 aliphatic heterocycles. The van der Waals surface area contributed by atoms with Gasteiger partial charge in [0.2, 0.25) is 0 Å². The summed E-state index contributed by atoms with van der Waals surface area (Å²) in [5.74, 6) is 1.29. The smallest absolute Gasteiger partial charge is 0.119 e. The Balaban J connectivity index is 2.20.